The maximum atomic E-state index is 11.0. The minimum Gasteiger partial charge on any atom is -0.507 e. The van der Waals surface area contributed by atoms with Gasteiger partial charge in [0.2, 0.25) is 0 Å². The Hall–Kier alpha value is -6.59. The van der Waals surface area contributed by atoms with Crippen LogP contribution < -0.4 is 0 Å². The Kier molecular flexibility index (Phi) is 6.54. The van der Waals surface area contributed by atoms with E-state index in [1.807, 2.05) is 36.4 Å². The predicted molar refractivity (Wildman–Crippen MR) is 195 cm³/mol. The second kappa shape index (κ2) is 11.3. The van der Waals surface area contributed by atoms with Crippen LogP contribution in [0.5, 0.6) is 5.75 Å². The van der Waals surface area contributed by atoms with E-state index in [0.717, 1.165) is 55.4 Å². The maximum Gasteiger partial charge on any atom is 0.163 e. The average molecular weight is 617 g/mol. The van der Waals surface area contributed by atoms with Crippen LogP contribution in [0.15, 0.2) is 164 Å². The largest absolute Gasteiger partial charge is 0.507 e. The van der Waals surface area contributed by atoms with E-state index >= 15 is 0 Å². The van der Waals surface area contributed by atoms with Gasteiger partial charge in [0.15, 0.2) is 5.82 Å². The van der Waals surface area contributed by atoms with Gasteiger partial charge in [-0.05, 0) is 40.1 Å². The molecule has 0 atom stereocenters. The summed E-state index contributed by atoms with van der Waals surface area (Å²) in [5, 5.41) is 14.7. The number of pyridine rings is 2. The molecule has 0 saturated heterocycles. The summed E-state index contributed by atoms with van der Waals surface area (Å²) in [5.74, 6) is 0.859. The number of imidazole rings is 1. The summed E-state index contributed by atoms with van der Waals surface area (Å²) in [5.41, 5.74) is 9.24. The Morgan fingerprint density at radius 2 is 1.12 bits per heavy atom. The van der Waals surface area contributed by atoms with Crippen LogP contribution in [-0.4, -0.2) is 24.6 Å². The molecule has 1 N–H and O–H groups in total. The highest BCUT2D eigenvalue weighted by molar-refractivity contribution is 6.07. The third kappa shape index (κ3) is 4.60. The lowest BCUT2D eigenvalue weighted by atomic mass is 9.95. The fourth-order valence-electron chi connectivity index (χ4n) is 6.74. The summed E-state index contributed by atoms with van der Waals surface area (Å²) in [6, 6.07) is 51.5. The molecule has 5 heteroatoms. The molecule has 0 spiro atoms. The second-order valence-electron chi connectivity index (χ2n) is 11.8. The minimum atomic E-state index is 0.171. The Morgan fingerprint density at radius 1 is 0.500 bits per heavy atom. The first-order valence-corrected chi connectivity index (χ1v) is 15.9. The molecule has 0 aliphatic carbocycles. The highest BCUT2D eigenvalue weighted by atomic mass is 16.3. The van der Waals surface area contributed by atoms with Gasteiger partial charge in [-0.3, -0.25) is 9.55 Å². The van der Waals surface area contributed by atoms with Crippen molar-refractivity contribution in [1.29, 1.82) is 0 Å². The Balaban J connectivity index is 1.39. The Morgan fingerprint density at radius 3 is 1.90 bits per heavy atom. The fourth-order valence-corrected chi connectivity index (χ4v) is 6.74. The standard InChI is InChI=1S/C43H28N4O/c48-39-23-10-18-31-26-44-36-24-25-37(45-41(36)40(31)39)43-46-38(35-22-9-17-28-16-7-8-19-32(28)35)27-47(43)42-33(29-12-3-1-4-13-29)20-11-21-34(42)30-14-5-2-6-15-30/h1-27,48H. The number of fused-ring (bicyclic) bond motifs is 4. The van der Waals surface area contributed by atoms with Gasteiger partial charge >= 0.3 is 0 Å². The van der Waals surface area contributed by atoms with Gasteiger partial charge in [-0.1, -0.05) is 133 Å². The van der Waals surface area contributed by atoms with Crippen molar-refractivity contribution in [1.82, 2.24) is 19.5 Å². The quantitative estimate of drug-likeness (QED) is 0.195. The molecule has 5 nitrogen and oxygen atoms in total. The number of aromatic nitrogens is 4. The number of hydrogen-bond donors (Lipinski definition) is 1. The topological polar surface area (TPSA) is 63.8 Å². The molecule has 3 aromatic heterocycles. The lowest BCUT2D eigenvalue weighted by Crippen LogP contribution is -2.03. The Bertz CT molecular complexity index is 2560. The van der Waals surface area contributed by atoms with E-state index < -0.39 is 0 Å². The molecule has 9 aromatic rings. The number of nitrogens with zero attached hydrogens (tertiary/aromatic N) is 4. The van der Waals surface area contributed by atoms with Gasteiger partial charge < -0.3 is 5.11 Å². The molecular formula is C43H28N4O. The lowest BCUT2D eigenvalue weighted by Gasteiger charge is -2.18. The third-order valence-corrected chi connectivity index (χ3v) is 8.98. The van der Waals surface area contributed by atoms with Crippen LogP contribution in [0.2, 0.25) is 0 Å². The van der Waals surface area contributed by atoms with Crippen LogP contribution in [0.3, 0.4) is 0 Å². The molecule has 0 bridgehead atoms. The molecular weight excluding hydrogens is 589 g/mol. The Labute approximate surface area is 277 Å². The van der Waals surface area contributed by atoms with Gasteiger partial charge in [0.25, 0.3) is 0 Å². The van der Waals surface area contributed by atoms with Crippen LogP contribution in [0, 0.1) is 0 Å². The van der Waals surface area contributed by atoms with Crippen LogP contribution in [-0.2, 0) is 0 Å². The zero-order valence-corrected chi connectivity index (χ0v) is 25.8. The van der Waals surface area contributed by atoms with Gasteiger partial charge in [-0.25, -0.2) is 9.97 Å². The van der Waals surface area contributed by atoms with E-state index in [0.29, 0.717) is 27.9 Å². The molecule has 226 valence electrons. The van der Waals surface area contributed by atoms with E-state index in [4.69, 9.17) is 9.97 Å². The lowest BCUT2D eigenvalue weighted by molar-refractivity contribution is 0.482. The second-order valence-corrected chi connectivity index (χ2v) is 11.8. The number of aromatic hydroxyl groups is 1. The summed E-state index contributed by atoms with van der Waals surface area (Å²) in [6.07, 6.45) is 3.91. The zero-order chi connectivity index (χ0) is 32.0. The van der Waals surface area contributed by atoms with Gasteiger partial charge in [0.1, 0.15) is 17.0 Å². The number of phenols is 1. The van der Waals surface area contributed by atoms with Crippen molar-refractivity contribution in [2.75, 3.05) is 0 Å². The van der Waals surface area contributed by atoms with E-state index in [2.05, 4.69) is 125 Å². The molecule has 3 heterocycles. The van der Waals surface area contributed by atoms with Crippen molar-refractivity contribution in [2.24, 2.45) is 0 Å². The first-order chi connectivity index (χ1) is 23.7. The number of rotatable bonds is 5. The smallest absolute Gasteiger partial charge is 0.163 e. The molecule has 0 amide bonds. The average Bonchev–Trinajstić information content (AvgIpc) is 3.60. The molecule has 0 radical (unpaired) electrons. The number of para-hydroxylation sites is 1. The van der Waals surface area contributed by atoms with Gasteiger partial charge in [0.05, 0.1) is 22.3 Å². The summed E-state index contributed by atoms with van der Waals surface area (Å²) in [4.78, 5) is 15.2. The van der Waals surface area contributed by atoms with Crippen molar-refractivity contribution >= 4 is 32.6 Å². The molecule has 0 aliphatic rings. The summed E-state index contributed by atoms with van der Waals surface area (Å²) < 4.78 is 2.19. The molecule has 0 unspecified atom stereocenters. The molecule has 0 aliphatic heterocycles. The predicted octanol–water partition coefficient (Wildman–Crippen LogP) is 10.5. The van der Waals surface area contributed by atoms with Crippen molar-refractivity contribution in [2.45, 2.75) is 0 Å². The summed E-state index contributed by atoms with van der Waals surface area (Å²) in [6.45, 7) is 0. The number of hydrogen-bond acceptors (Lipinski definition) is 4. The highest BCUT2D eigenvalue weighted by Crippen LogP contribution is 2.40. The molecule has 9 rings (SSSR count). The van der Waals surface area contributed by atoms with E-state index in [1.165, 1.54) is 0 Å². The molecule has 0 saturated carbocycles. The van der Waals surface area contributed by atoms with Crippen molar-refractivity contribution in [3.8, 4) is 56.5 Å². The van der Waals surface area contributed by atoms with E-state index in [-0.39, 0.29) is 5.75 Å². The van der Waals surface area contributed by atoms with E-state index in [1.54, 1.807) is 12.3 Å². The van der Waals surface area contributed by atoms with Crippen LogP contribution in [0.1, 0.15) is 0 Å². The first kappa shape index (κ1) is 27.7. The van der Waals surface area contributed by atoms with E-state index in [9.17, 15) is 5.11 Å². The van der Waals surface area contributed by atoms with Crippen molar-refractivity contribution in [3.05, 3.63) is 164 Å². The highest BCUT2D eigenvalue weighted by Gasteiger charge is 2.22. The summed E-state index contributed by atoms with van der Waals surface area (Å²) in [7, 11) is 0. The van der Waals surface area contributed by atoms with Crippen LogP contribution >= 0.6 is 0 Å². The normalized spacial score (nSPS) is 11.4. The van der Waals surface area contributed by atoms with Gasteiger partial charge in [-0.15, -0.1) is 0 Å². The van der Waals surface area contributed by atoms with Crippen molar-refractivity contribution < 1.29 is 5.11 Å². The number of phenolic OH excluding ortho intramolecular Hbond substituents is 1. The zero-order valence-electron chi connectivity index (χ0n) is 25.8. The SMILES string of the molecule is Oc1cccc2cnc3ccc(-c4nc(-c5cccc6ccccc56)cn4-c4c(-c5ccccc5)cccc4-c4ccccc4)nc3c12. The van der Waals surface area contributed by atoms with Gasteiger partial charge in [0, 0.05) is 34.5 Å². The fraction of sp³-hybridized carbons (Fsp3) is 0. The first-order valence-electron chi connectivity index (χ1n) is 15.9. The number of benzene rings is 6. The van der Waals surface area contributed by atoms with Crippen LogP contribution in [0.25, 0.3) is 83.3 Å². The monoisotopic (exact) mass is 616 g/mol. The van der Waals surface area contributed by atoms with Crippen molar-refractivity contribution in [3.63, 3.8) is 0 Å². The minimum absolute atomic E-state index is 0.171. The van der Waals surface area contributed by atoms with Crippen LogP contribution in [0.4, 0.5) is 0 Å². The molecule has 6 aromatic carbocycles. The third-order valence-electron chi connectivity index (χ3n) is 8.98. The summed E-state index contributed by atoms with van der Waals surface area (Å²) >= 11 is 0. The van der Waals surface area contributed by atoms with Gasteiger partial charge in [-0.2, -0.15) is 0 Å². The molecule has 48 heavy (non-hydrogen) atoms. The maximum absolute atomic E-state index is 11.0. The molecule has 0 fully saturated rings.